The van der Waals surface area contributed by atoms with Gasteiger partial charge in [-0.1, -0.05) is 36.5 Å². The lowest BCUT2D eigenvalue weighted by molar-refractivity contribution is 0.599. The molecule has 0 fully saturated rings. The fourth-order valence-corrected chi connectivity index (χ4v) is 2.85. The smallest absolute Gasteiger partial charge is 0.239 e. The van der Waals surface area contributed by atoms with Gasteiger partial charge < -0.3 is 5.73 Å². The first-order chi connectivity index (χ1) is 9.37. The van der Waals surface area contributed by atoms with Crippen molar-refractivity contribution in [2.24, 2.45) is 12.8 Å². The second-order valence-corrected chi connectivity index (χ2v) is 6.29. The zero-order valence-electron chi connectivity index (χ0n) is 10.6. The fraction of sp³-hybridized carbons (Fsp3) is 0.182. The van der Waals surface area contributed by atoms with E-state index < -0.39 is 10.0 Å². The first-order valence-corrected chi connectivity index (χ1v) is 7.67. The highest BCUT2D eigenvalue weighted by molar-refractivity contribution is 7.91. The van der Waals surface area contributed by atoms with Crippen LogP contribution in [0.15, 0.2) is 30.6 Å². The van der Waals surface area contributed by atoms with Crippen molar-refractivity contribution in [3.63, 3.8) is 0 Å². The predicted molar refractivity (Wildman–Crippen MR) is 79.6 cm³/mol. The second-order valence-electron chi connectivity index (χ2n) is 4.13. The molecule has 20 heavy (non-hydrogen) atoms. The lowest BCUT2D eigenvalue weighted by Gasteiger charge is -2.07. The number of rotatable bonds is 5. The van der Waals surface area contributed by atoms with Crippen molar-refractivity contribution in [1.29, 1.82) is 0 Å². The van der Waals surface area contributed by atoms with Crippen LogP contribution >= 0.6 is 12.2 Å². The quantitative estimate of drug-likeness (QED) is 0.774. The summed E-state index contributed by atoms with van der Waals surface area (Å²) in [7, 11) is -1.95. The third-order valence-corrected chi connectivity index (χ3v) is 4.00. The highest BCUT2D eigenvalue weighted by atomic mass is 32.2. The monoisotopic (exact) mass is 311 g/mol. The van der Waals surface area contributed by atoms with Crippen LogP contribution in [-0.2, 0) is 22.8 Å². The van der Waals surface area contributed by atoms with E-state index in [0.29, 0.717) is 11.1 Å². The van der Waals surface area contributed by atoms with Crippen molar-refractivity contribution in [1.82, 2.24) is 14.8 Å². The van der Waals surface area contributed by atoms with Crippen molar-refractivity contribution in [2.75, 3.05) is 4.72 Å². The van der Waals surface area contributed by atoms with Gasteiger partial charge in [-0.3, -0.25) is 4.72 Å². The lowest BCUT2D eigenvalue weighted by atomic mass is 10.1. The van der Waals surface area contributed by atoms with Crippen LogP contribution in [0.3, 0.4) is 0 Å². The Hall–Kier alpha value is -2.00. The molecule has 0 unspecified atom stereocenters. The van der Waals surface area contributed by atoms with Gasteiger partial charge in [-0.25, -0.2) is 13.1 Å². The summed E-state index contributed by atoms with van der Waals surface area (Å²) >= 11 is 4.84. The van der Waals surface area contributed by atoms with Gasteiger partial charge in [0.05, 0.1) is 5.75 Å². The van der Waals surface area contributed by atoms with Gasteiger partial charge in [0.1, 0.15) is 11.3 Å². The molecule has 0 aliphatic heterocycles. The highest BCUT2D eigenvalue weighted by Crippen LogP contribution is 2.11. The van der Waals surface area contributed by atoms with Gasteiger partial charge in [0.2, 0.25) is 16.0 Å². The number of nitrogens with two attached hydrogens (primary N) is 1. The molecule has 1 aromatic heterocycles. The summed E-state index contributed by atoms with van der Waals surface area (Å²) in [5, 5.41) is 3.79. The minimum absolute atomic E-state index is 0.169. The molecule has 0 saturated carbocycles. The molecular weight excluding hydrogens is 298 g/mol. The zero-order chi connectivity index (χ0) is 14.8. The average molecular weight is 311 g/mol. The molecule has 0 aliphatic carbocycles. The maximum absolute atomic E-state index is 12.0. The van der Waals surface area contributed by atoms with Gasteiger partial charge in [-0.15, -0.1) is 0 Å². The van der Waals surface area contributed by atoms with E-state index in [1.165, 1.54) is 11.0 Å². The van der Waals surface area contributed by atoms with Crippen LogP contribution in [0.1, 0.15) is 11.1 Å². The zero-order valence-corrected chi connectivity index (χ0v) is 12.3. The third-order valence-electron chi connectivity index (χ3n) is 2.55. The molecule has 2 rings (SSSR count). The summed E-state index contributed by atoms with van der Waals surface area (Å²) in [4.78, 5) is 4.08. The number of aryl methyl sites for hydroxylation is 1. The minimum atomic E-state index is -3.55. The van der Waals surface area contributed by atoms with E-state index in [2.05, 4.69) is 14.8 Å². The molecule has 1 heterocycles. The number of thiocarbonyl (C=S) groups is 1. The maximum Gasteiger partial charge on any atom is 0.239 e. The van der Waals surface area contributed by atoms with E-state index in [0.717, 1.165) is 0 Å². The van der Waals surface area contributed by atoms with E-state index >= 15 is 0 Å². The van der Waals surface area contributed by atoms with Crippen LogP contribution in [0.4, 0.5) is 5.95 Å². The molecule has 9 heteroatoms. The first-order valence-electron chi connectivity index (χ1n) is 5.60. The van der Waals surface area contributed by atoms with Crippen LogP contribution in [-0.4, -0.2) is 28.2 Å². The van der Waals surface area contributed by atoms with E-state index in [-0.39, 0.29) is 16.7 Å². The third kappa shape index (κ3) is 3.52. The SMILES string of the molecule is Cn1ncnc1NS(=O)(=O)Cc1ccc(C(N)=S)cc1. The van der Waals surface area contributed by atoms with Gasteiger partial charge >= 0.3 is 0 Å². The van der Waals surface area contributed by atoms with Gasteiger partial charge in [-0.05, 0) is 5.56 Å². The summed E-state index contributed by atoms with van der Waals surface area (Å²) in [5.74, 6) is 0.00190. The summed E-state index contributed by atoms with van der Waals surface area (Å²) in [6, 6.07) is 6.72. The number of nitrogens with one attached hydrogen (secondary N) is 1. The number of hydrogen-bond donors (Lipinski definition) is 2. The average Bonchev–Trinajstić information content (AvgIpc) is 2.74. The summed E-state index contributed by atoms with van der Waals surface area (Å²) in [5.41, 5.74) is 6.80. The van der Waals surface area contributed by atoms with E-state index in [4.69, 9.17) is 18.0 Å². The molecule has 0 atom stereocenters. The molecule has 0 saturated heterocycles. The Bertz CT molecular complexity index is 722. The molecular formula is C11H13N5O2S2. The molecule has 106 valence electrons. The Kier molecular flexibility index (Phi) is 4.00. The van der Waals surface area contributed by atoms with E-state index in [9.17, 15) is 8.42 Å². The second kappa shape index (κ2) is 5.55. The number of nitrogens with zero attached hydrogens (tertiary/aromatic N) is 3. The van der Waals surface area contributed by atoms with Crippen molar-refractivity contribution >= 4 is 33.2 Å². The summed E-state index contributed by atoms with van der Waals surface area (Å²) < 4.78 is 27.7. The lowest BCUT2D eigenvalue weighted by Crippen LogP contribution is -2.18. The van der Waals surface area contributed by atoms with Crippen LogP contribution in [0, 0.1) is 0 Å². The molecule has 0 bridgehead atoms. The molecule has 1 aromatic carbocycles. The van der Waals surface area contributed by atoms with Gasteiger partial charge in [0.15, 0.2) is 0 Å². The Morgan fingerprint density at radius 2 is 2.05 bits per heavy atom. The molecule has 0 amide bonds. The Morgan fingerprint density at radius 3 is 2.55 bits per heavy atom. The highest BCUT2D eigenvalue weighted by Gasteiger charge is 2.14. The van der Waals surface area contributed by atoms with Crippen LogP contribution in [0.5, 0.6) is 0 Å². The number of anilines is 1. The maximum atomic E-state index is 12.0. The standard InChI is InChI=1S/C11H13N5O2S2/c1-16-11(13-7-14-16)15-20(17,18)6-8-2-4-9(5-3-8)10(12)19/h2-5,7H,6H2,1H3,(H2,12,19)(H,13,14,15). The molecule has 0 aliphatic rings. The largest absolute Gasteiger partial charge is 0.389 e. The number of hydrogen-bond acceptors (Lipinski definition) is 5. The Balaban J connectivity index is 2.12. The van der Waals surface area contributed by atoms with Crippen molar-refractivity contribution in [2.45, 2.75) is 5.75 Å². The van der Waals surface area contributed by atoms with Crippen LogP contribution in [0.25, 0.3) is 0 Å². The number of benzene rings is 1. The Labute approximate surface area is 121 Å². The fourth-order valence-electron chi connectivity index (χ4n) is 1.55. The summed E-state index contributed by atoms with van der Waals surface area (Å²) in [6.45, 7) is 0. The van der Waals surface area contributed by atoms with E-state index in [1.807, 2.05) is 0 Å². The molecule has 3 N–H and O–H groups in total. The van der Waals surface area contributed by atoms with Crippen LogP contribution < -0.4 is 10.5 Å². The van der Waals surface area contributed by atoms with Crippen molar-refractivity contribution in [3.8, 4) is 0 Å². The number of aromatic nitrogens is 3. The van der Waals surface area contributed by atoms with Crippen LogP contribution in [0.2, 0.25) is 0 Å². The van der Waals surface area contributed by atoms with Crippen molar-refractivity contribution < 1.29 is 8.42 Å². The Morgan fingerprint density at radius 1 is 1.40 bits per heavy atom. The van der Waals surface area contributed by atoms with Crippen molar-refractivity contribution in [3.05, 3.63) is 41.7 Å². The van der Waals surface area contributed by atoms with Gasteiger partial charge in [0, 0.05) is 12.6 Å². The predicted octanol–water partition coefficient (Wildman–Crippen LogP) is 0.391. The van der Waals surface area contributed by atoms with Gasteiger partial charge in [-0.2, -0.15) is 10.1 Å². The van der Waals surface area contributed by atoms with Gasteiger partial charge in [0.25, 0.3) is 0 Å². The summed E-state index contributed by atoms with van der Waals surface area (Å²) in [6.07, 6.45) is 1.27. The molecule has 2 aromatic rings. The molecule has 7 nitrogen and oxygen atoms in total. The molecule has 0 spiro atoms. The first kappa shape index (κ1) is 14.4. The normalized spacial score (nSPS) is 11.2. The minimum Gasteiger partial charge on any atom is -0.389 e. The molecule has 0 radical (unpaired) electrons. The number of sulfonamides is 1. The topological polar surface area (TPSA) is 103 Å². The van der Waals surface area contributed by atoms with E-state index in [1.54, 1.807) is 31.3 Å².